The summed E-state index contributed by atoms with van der Waals surface area (Å²) in [6, 6.07) is 0.553. The number of nitrogens with zero attached hydrogens (tertiary/aromatic N) is 2. The summed E-state index contributed by atoms with van der Waals surface area (Å²) in [7, 11) is 0. The van der Waals surface area contributed by atoms with Crippen molar-refractivity contribution in [2.75, 3.05) is 32.8 Å². The lowest BCUT2D eigenvalue weighted by Gasteiger charge is -2.33. The smallest absolute Gasteiger partial charge is 0.374 e. The van der Waals surface area contributed by atoms with Gasteiger partial charge in [0.2, 0.25) is 5.91 Å². The number of carbonyl (C=O) groups is 1. The van der Waals surface area contributed by atoms with E-state index in [0.29, 0.717) is 35.9 Å². The Labute approximate surface area is 160 Å². The van der Waals surface area contributed by atoms with E-state index in [-0.39, 0.29) is 12.6 Å². The Morgan fingerprint density at radius 2 is 2.15 bits per heavy atom. The van der Waals surface area contributed by atoms with E-state index in [1.54, 1.807) is 0 Å². The van der Waals surface area contributed by atoms with Crippen molar-refractivity contribution in [3.8, 4) is 0 Å². The number of pyridine rings is 1. The van der Waals surface area contributed by atoms with Gasteiger partial charge in [0.1, 0.15) is 11.6 Å². The minimum absolute atomic E-state index is 0.205. The number of aromatic nitrogens is 1. The van der Waals surface area contributed by atoms with Gasteiger partial charge in [-0.1, -0.05) is 25.4 Å². The quantitative estimate of drug-likeness (QED) is 0.780. The summed E-state index contributed by atoms with van der Waals surface area (Å²) < 4.78 is 44.8. The van der Waals surface area contributed by atoms with Crippen molar-refractivity contribution in [1.29, 1.82) is 0 Å². The van der Waals surface area contributed by atoms with E-state index < -0.39 is 34.8 Å². The molecule has 152 valence electrons. The number of carbonyl (C=O) groups excluding carboxylic acids is 1. The first-order valence-corrected chi connectivity index (χ1v) is 9.02. The topological polar surface area (TPSA) is 63.6 Å². The Morgan fingerprint density at radius 3 is 2.78 bits per heavy atom. The largest absolute Gasteiger partial charge is 0.417 e. The van der Waals surface area contributed by atoms with Gasteiger partial charge >= 0.3 is 6.18 Å². The third-order valence-electron chi connectivity index (χ3n) is 4.06. The fraction of sp³-hybridized carbons (Fsp3) is 0.647. The van der Waals surface area contributed by atoms with Crippen molar-refractivity contribution in [2.24, 2.45) is 5.92 Å². The van der Waals surface area contributed by atoms with Gasteiger partial charge in [0.05, 0.1) is 18.3 Å². The number of hydrogen-bond acceptors (Lipinski definition) is 4. The van der Waals surface area contributed by atoms with E-state index in [4.69, 9.17) is 16.3 Å². The molecule has 1 unspecified atom stereocenters. The van der Waals surface area contributed by atoms with E-state index >= 15 is 0 Å². The van der Waals surface area contributed by atoms with Crippen molar-refractivity contribution in [1.82, 2.24) is 14.8 Å². The van der Waals surface area contributed by atoms with Crippen LogP contribution >= 0.6 is 11.6 Å². The molecule has 2 heterocycles. The van der Waals surface area contributed by atoms with E-state index in [9.17, 15) is 22.8 Å². The van der Waals surface area contributed by atoms with Crippen LogP contribution in [0.3, 0.4) is 0 Å². The first-order valence-electron chi connectivity index (χ1n) is 8.64. The molecule has 10 heteroatoms. The highest BCUT2D eigenvalue weighted by Crippen LogP contribution is 2.29. The number of amides is 1. The van der Waals surface area contributed by atoms with E-state index in [1.165, 1.54) is 0 Å². The molecule has 1 aromatic rings. The monoisotopic (exact) mass is 409 g/mol. The highest BCUT2D eigenvalue weighted by molar-refractivity contribution is 6.30. The SMILES string of the molecule is CC(C)CN1CCOC(CNC(=O)Cn2cc(C(F)(F)F)cc(Cl)c2=O)C1. The molecule has 2 rings (SSSR count). The number of halogens is 4. The third kappa shape index (κ3) is 6.51. The van der Waals surface area contributed by atoms with Crippen LogP contribution in [0.25, 0.3) is 0 Å². The summed E-state index contributed by atoms with van der Waals surface area (Å²) in [5.74, 6) is -0.0760. The van der Waals surface area contributed by atoms with Crippen molar-refractivity contribution >= 4 is 17.5 Å². The van der Waals surface area contributed by atoms with Crippen LogP contribution < -0.4 is 10.9 Å². The maximum absolute atomic E-state index is 12.8. The van der Waals surface area contributed by atoms with Gasteiger partial charge in [-0.05, 0) is 12.0 Å². The van der Waals surface area contributed by atoms with Gasteiger partial charge in [0.15, 0.2) is 0 Å². The first kappa shape index (κ1) is 21.7. The molecule has 1 aliphatic rings. The summed E-state index contributed by atoms with van der Waals surface area (Å²) in [4.78, 5) is 26.2. The van der Waals surface area contributed by atoms with Crippen LogP contribution in [0, 0.1) is 5.92 Å². The molecular weight excluding hydrogens is 387 g/mol. The van der Waals surface area contributed by atoms with Gasteiger partial charge in [0.25, 0.3) is 5.56 Å². The minimum atomic E-state index is -4.66. The van der Waals surface area contributed by atoms with Crippen molar-refractivity contribution in [2.45, 2.75) is 32.7 Å². The fourth-order valence-corrected chi connectivity index (χ4v) is 3.12. The number of nitrogens with one attached hydrogen (secondary N) is 1. The number of alkyl halides is 3. The molecule has 0 aromatic carbocycles. The number of hydrogen-bond donors (Lipinski definition) is 1. The molecule has 0 bridgehead atoms. The van der Waals surface area contributed by atoms with Gasteiger partial charge in [0, 0.05) is 32.4 Å². The van der Waals surface area contributed by atoms with Crippen molar-refractivity contribution in [3.63, 3.8) is 0 Å². The molecule has 27 heavy (non-hydrogen) atoms. The van der Waals surface area contributed by atoms with Crippen LogP contribution in [-0.2, 0) is 22.3 Å². The second kappa shape index (κ2) is 9.07. The number of morpholine rings is 1. The second-order valence-electron chi connectivity index (χ2n) is 6.96. The van der Waals surface area contributed by atoms with Crippen molar-refractivity contribution in [3.05, 3.63) is 33.2 Å². The first-order chi connectivity index (χ1) is 12.6. The maximum Gasteiger partial charge on any atom is 0.417 e. The standard InChI is InChI=1S/C17H23ClF3N3O3/c1-11(2)7-23-3-4-27-13(9-23)6-22-15(25)10-24-8-12(17(19,20)21)5-14(18)16(24)26/h5,8,11,13H,3-4,6-7,9-10H2,1-2H3,(H,22,25). The predicted molar refractivity (Wildman–Crippen MR) is 94.7 cm³/mol. The lowest BCUT2D eigenvalue weighted by molar-refractivity contribution is -0.138. The average Bonchev–Trinajstić information content (AvgIpc) is 2.56. The van der Waals surface area contributed by atoms with Gasteiger partial charge in [-0.2, -0.15) is 13.2 Å². The van der Waals surface area contributed by atoms with Crippen LogP contribution in [0.2, 0.25) is 5.02 Å². The second-order valence-corrected chi connectivity index (χ2v) is 7.37. The molecule has 1 aromatic heterocycles. The molecular formula is C17H23ClF3N3O3. The zero-order chi connectivity index (χ0) is 20.2. The summed E-state index contributed by atoms with van der Waals surface area (Å²) in [5.41, 5.74) is -1.93. The summed E-state index contributed by atoms with van der Waals surface area (Å²) >= 11 is 5.57. The Bertz CT molecular complexity index is 722. The molecule has 1 N–H and O–H groups in total. The van der Waals surface area contributed by atoms with Crippen LogP contribution in [0.15, 0.2) is 17.1 Å². The zero-order valence-corrected chi connectivity index (χ0v) is 15.9. The fourth-order valence-electron chi connectivity index (χ4n) is 2.90. The van der Waals surface area contributed by atoms with Gasteiger partial charge < -0.3 is 14.6 Å². The molecule has 0 radical (unpaired) electrons. The lowest BCUT2D eigenvalue weighted by atomic mass is 10.2. The van der Waals surface area contributed by atoms with E-state index in [0.717, 1.165) is 13.1 Å². The Hall–Kier alpha value is -1.58. The van der Waals surface area contributed by atoms with Crippen molar-refractivity contribution < 1.29 is 22.7 Å². The molecule has 6 nitrogen and oxygen atoms in total. The highest BCUT2D eigenvalue weighted by Gasteiger charge is 2.32. The average molecular weight is 410 g/mol. The van der Waals surface area contributed by atoms with Gasteiger partial charge in [-0.25, -0.2) is 0 Å². The maximum atomic E-state index is 12.8. The normalized spacial score (nSPS) is 18.7. The zero-order valence-electron chi connectivity index (χ0n) is 15.2. The molecule has 0 spiro atoms. The highest BCUT2D eigenvalue weighted by atomic mass is 35.5. The van der Waals surface area contributed by atoms with Crippen LogP contribution in [-0.4, -0.2) is 54.3 Å². The van der Waals surface area contributed by atoms with E-state index in [1.807, 2.05) is 0 Å². The number of ether oxygens (including phenoxy) is 1. The van der Waals surface area contributed by atoms with E-state index in [2.05, 4.69) is 24.1 Å². The minimum Gasteiger partial charge on any atom is -0.374 e. The van der Waals surface area contributed by atoms with Crippen LogP contribution in [0.1, 0.15) is 19.4 Å². The van der Waals surface area contributed by atoms with Gasteiger partial charge in [-0.3, -0.25) is 14.5 Å². The third-order valence-corrected chi connectivity index (χ3v) is 4.33. The predicted octanol–water partition coefficient (Wildman–Crippen LogP) is 1.99. The summed E-state index contributed by atoms with van der Waals surface area (Å²) in [6.07, 6.45) is -4.27. The Kier molecular flexibility index (Phi) is 7.30. The Morgan fingerprint density at radius 1 is 1.44 bits per heavy atom. The van der Waals surface area contributed by atoms with Crippen LogP contribution in [0.5, 0.6) is 0 Å². The van der Waals surface area contributed by atoms with Crippen LogP contribution in [0.4, 0.5) is 13.2 Å². The summed E-state index contributed by atoms with van der Waals surface area (Å²) in [5, 5.41) is 2.02. The number of rotatable bonds is 6. The molecule has 1 amide bonds. The molecule has 1 fully saturated rings. The summed E-state index contributed by atoms with van der Waals surface area (Å²) in [6.45, 7) is 6.85. The van der Waals surface area contributed by atoms with Gasteiger partial charge in [-0.15, -0.1) is 0 Å². The lowest BCUT2D eigenvalue weighted by Crippen LogP contribution is -2.48. The molecule has 1 saturated heterocycles. The molecule has 1 aliphatic heterocycles. The molecule has 0 aliphatic carbocycles. The molecule has 0 saturated carbocycles. The Balaban J connectivity index is 1.94. The molecule has 1 atom stereocenters.